The SMILES string of the molecule is CC(C)(C)C(C)(C)C.CC(C)C(C)(C)C.CC(C)C(C)(C)C.CC(C)C(C)C.CCC(C)(C)C.CCC(C)(C)C.CCC(C)C.CCC(C)C.CCCC.[2H]C([2H])(C)C([2H])(C)C.[2H]C([2H])(C)C([2H])([2H])C.[2H]C([2H])(C)CC.[2H]C([2H])(C)CC. The van der Waals surface area contributed by atoms with E-state index in [1.807, 2.05) is 13.8 Å². The third kappa shape index (κ3) is 193. The fourth-order valence-corrected chi connectivity index (χ4v) is 0. The van der Waals surface area contributed by atoms with Gasteiger partial charge in [-0.25, -0.2) is 0 Å². The predicted molar refractivity (Wildman–Crippen MR) is 354 cm³/mol. The zero-order valence-electron chi connectivity index (χ0n) is 71.1. The molecule has 71 heavy (non-hydrogen) atoms. The Morgan fingerprint density at radius 2 is 0.437 bits per heavy atom. The molecule has 0 N–H and O–H groups in total. The smallest absolute Gasteiger partial charge is 0.0297 e. The standard InChI is InChI=1S/C8H18.2C7H16.3C6H14.3C5H12.4C4H10/c1-7(2,3)8(4,5)6;2*1-6(2)7(3,4)5;2*1-5-6(2,3)4;1-5(2)6(3)4;3*1-4-5(2)3;4*1-3-4-2/h1-6H3;2*6H,1-5H3;2*5H2,1-4H3;5-6H,1-4H3;3*5H,4H2,1-3H3;4*3-4H2,1-2H3/i;;;;;;4D2,5D;;;3D2,4D2;2*3D2;. The van der Waals surface area contributed by atoms with Gasteiger partial charge in [-0.1, -0.05) is 395 Å². The fourth-order valence-electron chi connectivity index (χ4n) is 0. The van der Waals surface area contributed by atoms with E-state index in [2.05, 4.69) is 249 Å². The Bertz CT molecular complexity index is 1030. The van der Waals surface area contributed by atoms with Gasteiger partial charge in [-0.3, -0.25) is 0 Å². The average molecular weight is 1030 g/mol. The molecule has 0 saturated heterocycles. The normalized spacial score (nSPS) is 14.3. The molecule has 0 nitrogen and oxygen atoms in total. The molecule has 0 saturated carbocycles. The lowest BCUT2D eigenvalue weighted by Crippen LogP contribution is -2.25. The van der Waals surface area contributed by atoms with E-state index < -0.39 is 37.8 Å². The fraction of sp³-hybridized carbons (Fsp3) is 1.00. The molecule has 0 heteroatoms. The maximum absolute atomic E-state index is 7.21. The second kappa shape index (κ2) is 68.0. The van der Waals surface area contributed by atoms with Crippen LogP contribution in [-0.4, -0.2) is 0 Å². The van der Waals surface area contributed by atoms with E-state index in [0.29, 0.717) is 45.3 Å². The maximum atomic E-state index is 7.21. The summed E-state index contributed by atoms with van der Waals surface area (Å²) in [6.45, 7) is 94.5. The summed E-state index contributed by atoms with van der Waals surface area (Å²) >= 11 is 0. The third-order valence-corrected chi connectivity index (χ3v) is 12.8. The summed E-state index contributed by atoms with van der Waals surface area (Å²) in [5, 5.41) is 0. The minimum Gasteiger partial charge on any atom is -0.0654 e. The Hall–Kier alpha value is 0. The highest BCUT2D eigenvalue weighted by atomic mass is 14.3. The number of hydrogen-bond acceptors (Lipinski definition) is 0. The van der Waals surface area contributed by atoms with Crippen LogP contribution in [0.25, 0.3) is 0 Å². The van der Waals surface area contributed by atoms with Crippen molar-refractivity contribution in [1.82, 2.24) is 0 Å². The molecule has 452 valence electrons. The topological polar surface area (TPSA) is 0 Å². The van der Waals surface area contributed by atoms with Crippen molar-refractivity contribution >= 4 is 0 Å². The molecule has 0 rings (SSSR count). The lowest BCUT2D eigenvalue weighted by molar-refractivity contribution is 0.157. The van der Waals surface area contributed by atoms with Crippen LogP contribution < -0.4 is 0 Å². The Labute approximate surface area is 482 Å². The Morgan fingerprint density at radius 1 is 0.310 bits per heavy atom. The minimum absolute atomic E-state index is 0.437. The molecule has 0 unspecified atom stereocenters. The van der Waals surface area contributed by atoms with Crippen LogP contribution in [0.1, 0.15) is 410 Å². The molecule has 0 amide bonds. The molecular weight excluding hydrogens is 853 g/mol. The van der Waals surface area contributed by atoms with Gasteiger partial charge in [0.15, 0.2) is 0 Å². The van der Waals surface area contributed by atoms with Crippen molar-refractivity contribution in [3.8, 4) is 0 Å². The van der Waals surface area contributed by atoms with Gasteiger partial charge in [-0.2, -0.15) is 0 Å². The minimum atomic E-state index is -1.73. The van der Waals surface area contributed by atoms with Crippen molar-refractivity contribution in [1.29, 1.82) is 0 Å². The number of hydrogen-bond donors (Lipinski definition) is 0. The van der Waals surface area contributed by atoms with E-state index >= 15 is 0 Å². The van der Waals surface area contributed by atoms with Crippen LogP contribution in [0.2, 0.25) is 0 Å². The monoisotopic (exact) mass is 1030 g/mol. The van der Waals surface area contributed by atoms with Crippen molar-refractivity contribution in [2.75, 3.05) is 0 Å². The molecule has 0 spiro atoms. The number of unbranched alkanes of at least 4 members (excludes halogenated alkanes) is 1. The van der Waals surface area contributed by atoms with E-state index in [4.69, 9.17) is 15.1 Å². The van der Waals surface area contributed by atoms with Crippen LogP contribution >= 0.6 is 0 Å². The van der Waals surface area contributed by atoms with Gasteiger partial charge in [-0.05, 0) is 73.9 Å². The van der Waals surface area contributed by atoms with Gasteiger partial charge < -0.3 is 0 Å². The average Bonchev–Trinajstić information content (AvgIpc) is 3.22. The Morgan fingerprint density at radius 3 is 0.437 bits per heavy atom. The first-order valence-corrected chi connectivity index (χ1v) is 29.5. The van der Waals surface area contributed by atoms with E-state index in [0.717, 1.165) is 35.5 Å². The molecule has 0 aromatic rings. The molecule has 0 aromatic carbocycles. The predicted octanol–water partition coefficient (Wildman–Crippen LogP) is 29.0. The summed E-state index contributed by atoms with van der Waals surface area (Å²) in [6, 6.07) is 0. The highest BCUT2D eigenvalue weighted by Gasteiger charge is 2.27. The van der Waals surface area contributed by atoms with Crippen LogP contribution in [-0.2, 0) is 0 Å². The summed E-state index contributed by atoms with van der Waals surface area (Å²) in [6.07, 6.45) is 2.23. The molecule has 0 fully saturated rings. The van der Waals surface area contributed by atoms with Gasteiger partial charge in [0.05, 0.1) is 0 Å². The Balaban J connectivity index is -0.0000000574. The zero-order chi connectivity index (χ0) is 71.1. The largest absolute Gasteiger partial charge is 0.0654 e. The Kier molecular flexibility index (Phi) is 70.0. The number of rotatable bonds is 8. The van der Waals surface area contributed by atoms with Crippen LogP contribution in [0, 0.1) is 73.9 Å². The summed E-state index contributed by atoms with van der Waals surface area (Å²) < 4.78 is 76.2. The van der Waals surface area contributed by atoms with Gasteiger partial charge in [-0.15, -0.1) is 0 Å². The van der Waals surface area contributed by atoms with E-state index in [-0.39, 0.29) is 0 Å². The summed E-state index contributed by atoms with van der Waals surface area (Å²) in [5.41, 5.74) is 2.96. The van der Waals surface area contributed by atoms with Crippen LogP contribution in [0.3, 0.4) is 0 Å². The molecule has 0 aromatic heterocycles. The highest BCUT2D eigenvalue weighted by Crippen LogP contribution is 2.36. The lowest BCUT2D eigenvalue weighted by atomic mass is 9.71. The summed E-state index contributed by atoms with van der Waals surface area (Å²) in [7, 11) is 0. The summed E-state index contributed by atoms with van der Waals surface area (Å²) in [4.78, 5) is 0. The summed E-state index contributed by atoms with van der Waals surface area (Å²) in [5.74, 6) is 4.09. The lowest BCUT2D eigenvalue weighted by Gasteiger charge is -2.34. The van der Waals surface area contributed by atoms with Gasteiger partial charge in [0, 0.05) is 15.1 Å². The second-order valence-electron chi connectivity index (χ2n) is 27.6. The van der Waals surface area contributed by atoms with Crippen molar-refractivity contribution in [3.63, 3.8) is 0 Å². The van der Waals surface area contributed by atoms with Crippen molar-refractivity contribution < 1.29 is 15.1 Å². The highest BCUT2D eigenvalue weighted by molar-refractivity contribution is 4.77. The van der Waals surface area contributed by atoms with Gasteiger partial charge in [0.25, 0.3) is 0 Å². The zero-order valence-corrected chi connectivity index (χ0v) is 60.1. The molecule has 0 atom stereocenters. The van der Waals surface area contributed by atoms with E-state index in [1.54, 1.807) is 27.7 Å². The van der Waals surface area contributed by atoms with E-state index in [9.17, 15) is 0 Å². The van der Waals surface area contributed by atoms with Crippen molar-refractivity contribution in [3.05, 3.63) is 0 Å². The van der Waals surface area contributed by atoms with E-state index in [1.165, 1.54) is 59.3 Å². The maximum Gasteiger partial charge on any atom is 0.0297 e. The van der Waals surface area contributed by atoms with Crippen LogP contribution in [0.4, 0.5) is 0 Å². The molecule has 0 bridgehead atoms. The molecule has 0 aliphatic heterocycles. The molecule has 0 aliphatic carbocycles. The molecule has 0 radical (unpaired) electrons. The van der Waals surface area contributed by atoms with Crippen LogP contribution in [0.5, 0.6) is 0 Å². The quantitative estimate of drug-likeness (QED) is 0.227. The van der Waals surface area contributed by atoms with Crippen molar-refractivity contribution in [2.24, 2.45) is 73.9 Å². The molecular formula is C71H168. The van der Waals surface area contributed by atoms with Gasteiger partial charge in [0.2, 0.25) is 0 Å². The second-order valence-corrected chi connectivity index (χ2v) is 27.6. The van der Waals surface area contributed by atoms with Gasteiger partial charge >= 0.3 is 0 Å². The third-order valence-electron chi connectivity index (χ3n) is 12.8. The van der Waals surface area contributed by atoms with Crippen molar-refractivity contribution in [2.45, 2.75) is 395 Å². The first-order valence-electron chi connectivity index (χ1n) is 35.0. The molecule has 0 aliphatic rings. The van der Waals surface area contributed by atoms with Crippen LogP contribution in [0.15, 0.2) is 0 Å². The molecule has 0 heterocycles. The van der Waals surface area contributed by atoms with Gasteiger partial charge in [0.1, 0.15) is 0 Å². The first kappa shape index (κ1) is 73.1. The first-order chi connectivity index (χ1) is 35.0.